The van der Waals surface area contributed by atoms with Crippen molar-refractivity contribution in [2.45, 2.75) is 6.43 Å². The Morgan fingerprint density at radius 2 is 2.12 bits per heavy atom. The van der Waals surface area contributed by atoms with Crippen LogP contribution < -0.4 is 4.74 Å². The second kappa shape index (κ2) is 5.20. The first-order valence-electron chi connectivity index (χ1n) is 4.11. The van der Waals surface area contributed by atoms with Crippen LogP contribution in [0.5, 0.6) is 5.88 Å². The summed E-state index contributed by atoms with van der Waals surface area (Å²) in [5.41, 5.74) is -0.538. The monoisotopic (exact) mass is 295 g/mol. The summed E-state index contributed by atoms with van der Waals surface area (Å²) < 4.78 is 34.3. The van der Waals surface area contributed by atoms with Gasteiger partial charge in [0.05, 0.1) is 19.8 Å². The number of carbonyl (C=O) groups excluding carboxylic acids is 1. The van der Waals surface area contributed by atoms with Gasteiger partial charge in [0, 0.05) is 10.7 Å². The Balaban J connectivity index is 3.40. The number of aromatic nitrogens is 1. The number of hydrogen-bond donors (Lipinski definition) is 0. The van der Waals surface area contributed by atoms with Gasteiger partial charge >= 0.3 is 5.97 Å². The Hall–Kier alpha value is -1.24. The molecule has 0 radical (unpaired) electrons. The highest BCUT2D eigenvalue weighted by molar-refractivity contribution is 9.10. The second-order valence-corrected chi connectivity index (χ2v) is 3.50. The minimum atomic E-state index is -2.74. The van der Waals surface area contributed by atoms with Gasteiger partial charge in [0.25, 0.3) is 6.43 Å². The van der Waals surface area contributed by atoms with Crippen molar-refractivity contribution >= 4 is 21.9 Å². The SMILES string of the molecule is COC(=O)c1c(OC)ncc(C(F)F)c1Br. The Morgan fingerprint density at radius 3 is 2.56 bits per heavy atom. The van der Waals surface area contributed by atoms with Gasteiger partial charge in [-0.1, -0.05) is 0 Å². The number of rotatable bonds is 3. The molecule has 0 bridgehead atoms. The summed E-state index contributed by atoms with van der Waals surface area (Å²) >= 11 is 2.91. The first-order chi connectivity index (χ1) is 7.52. The van der Waals surface area contributed by atoms with Crippen molar-refractivity contribution in [1.82, 2.24) is 4.98 Å². The number of halogens is 3. The van der Waals surface area contributed by atoms with Crippen LogP contribution in [-0.4, -0.2) is 25.2 Å². The highest BCUT2D eigenvalue weighted by Crippen LogP contribution is 2.33. The lowest BCUT2D eigenvalue weighted by atomic mass is 10.2. The average molecular weight is 296 g/mol. The molecule has 4 nitrogen and oxygen atoms in total. The quantitative estimate of drug-likeness (QED) is 0.804. The lowest BCUT2D eigenvalue weighted by Crippen LogP contribution is -2.08. The molecular formula is C9H8BrF2NO3. The molecule has 0 saturated heterocycles. The molecule has 0 aromatic carbocycles. The molecule has 0 unspecified atom stereocenters. The fourth-order valence-electron chi connectivity index (χ4n) is 1.07. The zero-order valence-corrected chi connectivity index (χ0v) is 10.0. The van der Waals surface area contributed by atoms with E-state index in [1.807, 2.05) is 0 Å². The smallest absolute Gasteiger partial charge is 0.344 e. The van der Waals surface area contributed by atoms with Crippen molar-refractivity contribution in [2.75, 3.05) is 14.2 Å². The Kier molecular flexibility index (Phi) is 4.17. The zero-order chi connectivity index (χ0) is 12.3. The fourth-order valence-corrected chi connectivity index (χ4v) is 1.68. The number of nitrogens with zero attached hydrogens (tertiary/aromatic N) is 1. The summed E-state index contributed by atoms with van der Waals surface area (Å²) in [6.07, 6.45) is -1.80. The van der Waals surface area contributed by atoms with E-state index in [2.05, 4.69) is 25.7 Å². The van der Waals surface area contributed by atoms with Crippen LogP contribution in [0, 0.1) is 0 Å². The Morgan fingerprint density at radius 1 is 1.50 bits per heavy atom. The van der Waals surface area contributed by atoms with Crippen LogP contribution in [-0.2, 0) is 4.74 Å². The minimum absolute atomic E-state index is 0.0666. The van der Waals surface area contributed by atoms with E-state index in [1.54, 1.807) is 0 Å². The van der Waals surface area contributed by atoms with Gasteiger partial charge in [-0.3, -0.25) is 0 Å². The number of alkyl halides is 2. The molecule has 1 heterocycles. The predicted octanol–water partition coefficient (Wildman–Crippen LogP) is 2.58. The predicted molar refractivity (Wildman–Crippen MR) is 54.8 cm³/mol. The highest BCUT2D eigenvalue weighted by atomic mass is 79.9. The van der Waals surface area contributed by atoms with Crippen molar-refractivity contribution < 1.29 is 23.0 Å². The minimum Gasteiger partial charge on any atom is -0.480 e. The third-order valence-electron chi connectivity index (χ3n) is 1.83. The van der Waals surface area contributed by atoms with Gasteiger partial charge in [-0.25, -0.2) is 18.6 Å². The first kappa shape index (κ1) is 12.8. The maximum absolute atomic E-state index is 12.5. The van der Waals surface area contributed by atoms with Crippen molar-refractivity contribution in [3.05, 3.63) is 21.8 Å². The topological polar surface area (TPSA) is 48.4 Å². The van der Waals surface area contributed by atoms with Gasteiger partial charge in [-0.2, -0.15) is 0 Å². The second-order valence-electron chi connectivity index (χ2n) is 2.70. The van der Waals surface area contributed by atoms with Crippen LogP contribution in [0.2, 0.25) is 0 Å². The standard InChI is InChI=1S/C9H8BrF2NO3/c1-15-8-5(9(14)16-2)6(10)4(3-13-8)7(11)12/h3,7H,1-2H3. The largest absolute Gasteiger partial charge is 0.480 e. The molecule has 0 saturated carbocycles. The number of carbonyl (C=O) groups is 1. The Bertz CT molecular complexity index is 412. The molecule has 0 aliphatic heterocycles. The first-order valence-corrected chi connectivity index (χ1v) is 4.91. The third-order valence-corrected chi connectivity index (χ3v) is 2.68. The van der Waals surface area contributed by atoms with E-state index in [0.29, 0.717) is 0 Å². The van der Waals surface area contributed by atoms with Gasteiger partial charge < -0.3 is 9.47 Å². The molecule has 0 spiro atoms. The van der Waals surface area contributed by atoms with E-state index >= 15 is 0 Å². The maximum atomic E-state index is 12.5. The molecule has 0 aliphatic rings. The van der Waals surface area contributed by atoms with Crippen LogP contribution in [0.4, 0.5) is 8.78 Å². The van der Waals surface area contributed by atoms with E-state index in [1.165, 1.54) is 7.11 Å². The zero-order valence-electron chi connectivity index (χ0n) is 8.46. The average Bonchev–Trinajstić information content (AvgIpc) is 2.26. The van der Waals surface area contributed by atoms with Crippen molar-refractivity contribution in [2.24, 2.45) is 0 Å². The molecule has 16 heavy (non-hydrogen) atoms. The van der Waals surface area contributed by atoms with Crippen LogP contribution in [0.1, 0.15) is 22.3 Å². The number of ether oxygens (including phenoxy) is 2. The van der Waals surface area contributed by atoms with Gasteiger partial charge in [-0.05, 0) is 15.9 Å². The van der Waals surface area contributed by atoms with Gasteiger partial charge in [0.15, 0.2) is 0 Å². The van der Waals surface area contributed by atoms with Crippen LogP contribution in [0.15, 0.2) is 10.7 Å². The summed E-state index contributed by atoms with van der Waals surface area (Å²) in [5, 5.41) is 0. The van der Waals surface area contributed by atoms with Crippen LogP contribution in [0.25, 0.3) is 0 Å². The lowest BCUT2D eigenvalue weighted by Gasteiger charge is -2.10. The van der Waals surface area contributed by atoms with E-state index < -0.39 is 12.4 Å². The normalized spacial score (nSPS) is 10.4. The fraction of sp³-hybridized carbons (Fsp3) is 0.333. The molecule has 1 aromatic heterocycles. The third kappa shape index (κ3) is 2.29. The van der Waals surface area contributed by atoms with E-state index in [4.69, 9.17) is 4.74 Å². The summed E-state index contributed by atoms with van der Waals surface area (Å²) in [6, 6.07) is 0. The molecule has 0 atom stereocenters. The number of esters is 1. The number of methoxy groups -OCH3 is 2. The molecular weight excluding hydrogens is 288 g/mol. The van der Waals surface area contributed by atoms with Crippen LogP contribution >= 0.6 is 15.9 Å². The lowest BCUT2D eigenvalue weighted by molar-refractivity contribution is 0.0594. The summed E-state index contributed by atoms with van der Waals surface area (Å²) in [6.45, 7) is 0. The van der Waals surface area contributed by atoms with Crippen molar-refractivity contribution in [3.63, 3.8) is 0 Å². The Labute approximate surface area is 98.7 Å². The summed E-state index contributed by atoms with van der Waals surface area (Å²) in [7, 11) is 2.42. The van der Waals surface area contributed by atoms with Crippen molar-refractivity contribution in [1.29, 1.82) is 0 Å². The molecule has 7 heteroatoms. The number of hydrogen-bond acceptors (Lipinski definition) is 4. The van der Waals surface area contributed by atoms with E-state index in [-0.39, 0.29) is 21.5 Å². The van der Waals surface area contributed by atoms with E-state index in [0.717, 1.165) is 13.3 Å². The maximum Gasteiger partial charge on any atom is 0.344 e. The molecule has 1 aromatic rings. The van der Waals surface area contributed by atoms with E-state index in [9.17, 15) is 13.6 Å². The molecule has 0 fully saturated rings. The van der Waals surface area contributed by atoms with Crippen LogP contribution in [0.3, 0.4) is 0 Å². The molecule has 0 aliphatic carbocycles. The van der Waals surface area contributed by atoms with Gasteiger partial charge in [0.1, 0.15) is 5.56 Å². The van der Waals surface area contributed by atoms with Crippen molar-refractivity contribution in [3.8, 4) is 5.88 Å². The van der Waals surface area contributed by atoms with Gasteiger partial charge in [-0.15, -0.1) is 0 Å². The molecule has 1 rings (SSSR count). The van der Waals surface area contributed by atoms with Gasteiger partial charge in [0.2, 0.25) is 5.88 Å². The summed E-state index contributed by atoms with van der Waals surface area (Å²) in [4.78, 5) is 15.0. The molecule has 88 valence electrons. The number of pyridine rings is 1. The molecule has 0 N–H and O–H groups in total. The molecule has 0 amide bonds. The summed E-state index contributed by atoms with van der Waals surface area (Å²) in [5.74, 6) is -0.859. The highest BCUT2D eigenvalue weighted by Gasteiger charge is 2.24.